The molecule has 2 aromatic carbocycles. The van der Waals surface area contributed by atoms with E-state index >= 15 is 0 Å². The van der Waals surface area contributed by atoms with E-state index < -0.39 is 15.9 Å². The Bertz CT molecular complexity index is 940. The van der Waals surface area contributed by atoms with Gasteiger partial charge in [0.1, 0.15) is 10.7 Å². The van der Waals surface area contributed by atoms with Gasteiger partial charge in [-0.3, -0.25) is 4.79 Å². The average molecular weight is 392 g/mol. The summed E-state index contributed by atoms with van der Waals surface area (Å²) in [6.07, 6.45) is 0.453. The molecule has 1 N–H and O–H groups in total. The number of rotatable bonds is 5. The standard InChI is InChI=1S/C19H21FN2O4S/c1-2-14-13-15(7-8-16(14)20)19(23)21-17-5-3-4-6-18(17)27(24,25)22-9-11-26-12-10-22/h3-8,13H,2,9-12H2,1H3,(H,21,23). The summed E-state index contributed by atoms with van der Waals surface area (Å²) in [6.45, 7) is 3.00. The molecule has 1 fully saturated rings. The van der Waals surface area contributed by atoms with Gasteiger partial charge < -0.3 is 10.1 Å². The highest BCUT2D eigenvalue weighted by Crippen LogP contribution is 2.26. The third-order valence-corrected chi connectivity index (χ3v) is 6.37. The van der Waals surface area contributed by atoms with Gasteiger partial charge in [-0.05, 0) is 42.3 Å². The maximum absolute atomic E-state index is 13.7. The monoisotopic (exact) mass is 392 g/mol. The Morgan fingerprint density at radius 1 is 1.19 bits per heavy atom. The van der Waals surface area contributed by atoms with Crippen LogP contribution in [0.25, 0.3) is 0 Å². The van der Waals surface area contributed by atoms with Crippen molar-refractivity contribution in [3.63, 3.8) is 0 Å². The Kier molecular flexibility index (Phi) is 5.88. The number of anilines is 1. The molecule has 1 heterocycles. The third-order valence-electron chi connectivity index (χ3n) is 4.41. The van der Waals surface area contributed by atoms with Crippen LogP contribution in [0.5, 0.6) is 0 Å². The first-order valence-electron chi connectivity index (χ1n) is 8.70. The van der Waals surface area contributed by atoms with Gasteiger partial charge in [0, 0.05) is 18.7 Å². The van der Waals surface area contributed by atoms with Gasteiger partial charge in [-0.1, -0.05) is 19.1 Å². The van der Waals surface area contributed by atoms with E-state index in [9.17, 15) is 17.6 Å². The first kappa shape index (κ1) is 19.5. The fourth-order valence-electron chi connectivity index (χ4n) is 2.90. The predicted octanol–water partition coefficient (Wildman–Crippen LogP) is 2.66. The van der Waals surface area contributed by atoms with Gasteiger partial charge in [0.15, 0.2) is 0 Å². The van der Waals surface area contributed by atoms with E-state index in [0.717, 1.165) is 0 Å². The van der Waals surface area contributed by atoms with Crippen LogP contribution in [0, 0.1) is 5.82 Å². The van der Waals surface area contributed by atoms with Crippen LogP contribution in [0.15, 0.2) is 47.4 Å². The van der Waals surface area contributed by atoms with E-state index in [0.29, 0.717) is 25.2 Å². The largest absolute Gasteiger partial charge is 0.379 e. The van der Waals surface area contributed by atoms with Gasteiger partial charge in [-0.25, -0.2) is 12.8 Å². The topological polar surface area (TPSA) is 75.7 Å². The van der Waals surface area contributed by atoms with Crippen molar-refractivity contribution in [1.29, 1.82) is 0 Å². The summed E-state index contributed by atoms with van der Waals surface area (Å²) < 4.78 is 46.1. The summed E-state index contributed by atoms with van der Waals surface area (Å²) in [4.78, 5) is 12.6. The molecule has 1 saturated heterocycles. The van der Waals surface area contributed by atoms with Crippen LogP contribution < -0.4 is 5.32 Å². The number of carbonyl (C=O) groups excluding carboxylic acids is 1. The first-order chi connectivity index (χ1) is 12.9. The number of para-hydroxylation sites is 1. The number of aryl methyl sites for hydroxylation is 1. The summed E-state index contributed by atoms with van der Waals surface area (Å²) >= 11 is 0. The normalized spacial score (nSPS) is 15.5. The van der Waals surface area contributed by atoms with Gasteiger partial charge in [0.05, 0.1) is 18.9 Å². The lowest BCUT2D eigenvalue weighted by Crippen LogP contribution is -2.40. The van der Waals surface area contributed by atoms with Gasteiger partial charge >= 0.3 is 0 Å². The third kappa shape index (κ3) is 4.18. The molecule has 0 atom stereocenters. The number of carbonyl (C=O) groups is 1. The van der Waals surface area contributed by atoms with Crippen molar-refractivity contribution in [1.82, 2.24) is 4.31 Å². The van der Waals surface area contributed by atoms with E-state index in [1.165, 1.54) is 34.6 Å². The summed E-state index contributed by atoms with van der Waals surface area (Å²) in [6, 6.07) is 10.3. The maximum atomic E-state index is 13.7. The number of nitrogens with zero attached hydrogens (tertiary/aromatic N) is 1. The molecule has 1 aliphatic rings. The van der Waals surface area contributed by atoms with Crippen molar-refractivity contribution in [2.45, 2.75) is 18.2 Å². The molecule has 0 saturated carbocycles. The minimum Gasteiger partial charge on any atom is -0.379 e. The molecular weight excluding hydrogens is 371 g/mol. The Morgan fingerprint density at radius 2 is 1.89 bits per heavy atom. The van der Waals surface area contributed by atoms with Crippen LogP contribution in [0.3, 0.4) is 0 Å². The van der Waals surface area contributed by atoms with Crippen molar-refractivity contribution in [2.24, 2.45) is 0 Å². The molecule has 0 radical (unpaired) electrons. The molecule has 1 aliphatic heterocycles. The molecule has 0 aromatic heterocycles. The highest BCUT2D eigenvalue weighted by molar-refractivity contribution is 7.89. The minimum atomic E-state index is -3.76. The number of hydrogen-bond acceptors (Lipinski definition) is 4. The molecule has 6 nitrogen and oxygen atoms in total. The van der Waals surface area contributed by atoms with E-state index in [2.05, 4.69) is 5.32 Å². The second kappa shape index (κ2) is 8.16. The molecule has 0 unspecified atom stereocenters. The number of amides is 1. The van der Waals surface area contributed by atoms with Crippen molar-refractivity contribution < 1.29 is 22.3 Å². The van der Waals surface area contributed by atoms with Crippen LogP contribution in [0.4, 0.5) is 10.1 Å². The smallest absolute Gasteiger partial charge is 0.255 e. The zero-order chi connectivity index (χ0) is 19.4. The number of halogens is 1. The number of ether oxygens (including phenoxy) is 1. The van der Waals surface area contributed by atoms with Crippen LogP contribution in [0.1, 0.15) is 22.8 Å². The van der Waals surface area contributed by atoms with E-state index in [4.69, 9.17) is 4.74 Å². The van der Waals surface area contributed by atoms with E-state index in [-0.39, 0.29) is 35.1 Å². The molecule has 27 heavy (non-hydrogen) atoms. The quantitative estimate of drug-likeness (QED) is 0.849. The highest BCUT2D eigenvalue weighted by Gasteiger charge is 2.29. The molecule has 3 rings (SSSR count). The zero-order valence-corrected chi connectivity index (χ0v) is 15.8. The van der Waals surface area contributed by atoms with Crippen molar-refractivity contribution in [3.8, 4) is 0 Å². The molecule has 1 amide bonds. The summed E-state index contributed by atoms with van der Waals surface area (Å²) in [5.41, 5.74) is 0.889. The summed E-state index contributed by atoms with van der Waals surface area (Å²) in [5.74, 6) is -0.862. The minimum absolute atomic E-state index is 0.0260. The number of hydrogen-bond donors (Lipinski definition) is 1. The Morgan fingerprint density at radius 3 is 2.59 bits per heavy atom. The number of nitrogens with one attached hydrogen (secondary N) is 1. The van der Waals surface area contributed by atoms with Gasteiger partial charge in [-0.2, -0.15) is 4.31 Å². The molecule has 8 heteroatoms. The van der Waals surface area contributed by atoms with Gasteiger partial charge in [0.25, 0.3) is 5.91 Å². The van der Waals surface area contributed by atoms with Gasteiger partial charge in [-0.15, -0.1) is 0 Å². The average Bonchev–Trinajstić information content (AvgIpc) is 2.69. The van der Waals surface area contributed by atoms with Crippen molar-refractivity contribution in [3.05, 3.63) is 59.4 Å². The molecule has 144 valence electrons. The second-order valence-corrected chi connectivity index (χ2v) is 8.03. The fourth-order valence-corrected chi connectivity index (χ4v) is 4.46. The van der Waals surface area contributed by atoms with Crippen LogP contribution in [0.2, 0.25) is 0 Å². The summed E-state index contributed by atoms with van der Waals surface area (Å²) in [7, 11) is -3.76. The molecule has 0 aliphatic carbocycles. The molecule has 2 aromatic rings. The second-order valence-electron chi connectivity index (χ2n) is 6.13. The fraction of sp³-hybridized carbons (Fsp3) is 0.316. The predicted molar refractivity (Wildman–Crippen MR) is 99.8 cm³/mol. The lowest BCUT2D eigenvalue weighted by molar-refractivity contribution is 0.0730. The first-order valence-corrected chi connectivity index (χ1v) is 10.1. The van der Waals surface area contributed by atoms with Gasteiger partial charge in [0.2, 0.25) is 10.0 Å². The van der Waals surface area contributed by atoms with E-state index in [1.807, 2.05) is 0 Å². The van der Waals surface area contributed by atoms with Crippen LogP contribution in [-0.4, -0.2) is 44.9 Å². The summed E-state index contributed by atoms with van der Waals surface area (Å²) in [5, 5.41) is 2.64. The van der Waals surface area contributed by atoms with Crippen molar-refractivity contribution in [2.75, 3.05) is 31.6 Å². The number of benzene rings is 2. The SMILES string of the molecule is CCc1cc(C(=O)Nc2ccccc2S(=O)(=O)N2CCOCC2)ccc1F. The Balaban J connectivity index is 1.89. The van der Waals surface area contributed by atoms with Crippen LogP contribution >= 0.6 is 0 Å². The molecule has 0 spiro atoms. The highest BCUT2D eigenvalue weighted by atomic mass is 32.2. The lowest BCUT2D eigenvalue weighted by atomic mass is 10.1. The number of morpholine rings is 1. The molecule has 0 bridgehead atoms. The zero-order valence-electron chi connectivity index (χ0n) is 14.9. The van der Waals surface area contributed by atoms with Crippen molar-refractivity contribution >= 4 is 21.6 Å². The lowest BCUT2D eigenvalue weighted by Gasteiger charge is -2.27. The molecular formula is C19H21FN2O4S. The van der Waals surface area contributed by atoms with E-state index in [1.54, 1.807) is 19.1 Å². The Labute approximate surface area is 158 Å². The maximum Gasteiger partial charge on any atom is 0.255 e. The number of sulfonamides is 1. The van der Waals surface area contributed by atoms with Crippen LogP contribution in [-0.2, 0) is 21.2 Å². The Hall–Kier alpha value is -2.29.